The summed E-state index contributed by atoms with van der Waals surface area (Å²) in [7, 11) is 0. The Bertz CT molecular complexity index is 239. The number of carboxylic acids is 1. The minimum Gasteiger partial charge on any atom is -0.480 e. The molecule has 1 unspecified atom stereocenters. The van der Waals surface area contributed by atoms with Crippen molar-refractivity contribution in [1.29, 1.82) is 0 Å². The first kappa shape index (κ1) is 11.9. The summed E-state index contributed by atoms with van der Waals surface area (Å²) in [5.74, 6) is -0.752. The molecule has 4 nitrogen and oxygen atoms in total. The molecule has 1 atom stereocenters. The van der Waals surface area contributed by atoms with E-state index in [0.29, 0.717) is 6.04 Å². The van der Waals surface area contributed by atoms with Crippen molar-refractivity contribution in [2.24, 2.45) is 0 Å². The van der Waals surface area contributed by atoms with E-state index in [1.165, 1.54) is 38.6 Å². The summed E-state index contributed by atoms with van der Waals surface area (Å²) in [6.45, 7) is 2.34. The van der Waals surface area contributed by atoms with Crippen LogP contribution in [-0.4, -0.2) is 47.7 Å². The van der Waals surface area contributed by atoms with Gasteiger partial charge in [0.1, 0.15) is 0 Å². The maximum atomic E-state index is 10.5. The summed E-state index contributed by atoms with van der Waals surface area (Å²) in [4.78, 5) is 13.1. The molecule has 2 rings (SSSR count). The van der Waals surface area contributed by atoms with Crippen molar-refractivity contribution in [2.45, 2.75) is 50.6 Å². The number of hydrogen-bond acceptors (Lipinski definition) is 3. The lowest BCUT2D eigenvalue weighted by molar-refractivity contribution is -0.136. The van der Waals surface area contributed by atoms with Crippen molar-refractivity contribution in [2.75, 3.05) is 19.6 Å². The zero-order valence-corrected chi connectivity index (χ0v) is 9.82. The van der Waals surface area contributed by atoms with E-state index in [1.807, 2.05) is 0 Å². The number of aliphatic carboxylic acids is 1. The number of rotatable bonds is 4. The van der Waals surface area contributed by atoms with Crippen molar-refractivity contribution in [3.05, 3.63) is 0 Å². The van der Waals surface area contributed by atoms with Gasteiger partial charge in [-0.3, -0.25) is 9.69 Å². The molecule has 2 N–H and O–H groups in total. The van der Waals surface area contributed by atoms with Gasteiger partial charge in [-0.15, -0.1) is 0 Å². The van der Waals surface area contributed by atoms with Gasteiger partial charge < -0.3 is 10.4 Å². The molecule has 1 saturated heterocycles. The van der Waals surface area contributed by atoms with E-state index >= 15 is 0 Å². The Kier molecular flexibility index (Phi) is 4.18. The first-order valence-electron chi connectivity index (χ1n) is 6.45. The zero-order chi connectivity index (χ0) is 11.4. The molecule has 2 aliphatic rings. The lowest BCUT2D eigenvalue weighted by Crippen LogP contribution is -2.49. The smallest absolute Gasteiger partial charge is 0.317 e. The molecule has 92 valence electrons. The maximum absolute atomic E-state index is 10.5. The fourth-order valence-electron chi connectivity index (χ4n) is 3.01. The third-order valence-electron chi connectivity index (χ3n) is 3.84. The second kappa shape index (κ2) is 5.64. The Morgan fingerprint density at radius 3 is 2.69 bits per heavy atom. The minimum atomic E-state index is -0.752. The number of piperidine rings is 1. The minimum absolute atomic E-state index is 0.100. The number of nitrogens with zero attached hydrogens (tertiary/aromatic N) is 1. The van der Waals surface area contributed by atoms with Crippen LogP contribution in [0, 0.1) is 0 Å². The average Bonchev–Trinajstić information content (AvgIpc) is 2.80. The summed E-state index contributed by atoms with van der Waals surface area (Å²) >= 11 is 0. The Hall–Kier alpha value is -0.610. The Morgan fingerprint density at radius 2 is 2.00 bits per heavy atom. The second-order valence-electron chi connectivity index (χ2n) is 5.05. The number of nitrogens with one attached hydrogen (secondary N) is 1. The van der Waals surface area contributed by atoms with Crippen molar-refractivity contribution in [3.8, 4) is 0 Å². The molecule has 1 saturated carbocycles. The van der Waals surface area contributed by atoms with Gasteiger partial charge in [0.05, 0.1) is 6.54 Å². The fourth-order valence-corrected chi connectivity index (χ4v) is 3.01. The average molecular weight is 226 g/mol. The number of carbonyl (C=O) groups is 1. The first-order chi connectivity index (χ1) is 7.75. The highest BCUT2D eigenvalue weighted by atomic mass is 16.4. The fraction of sp³-hybridized carbons (Fsp3) is 0.917. The Balaban J connectivity index is 1.76. The zero-order valence-electron chi connectivity index (χ0n) is 9.82. The Morgan fingerprint density at radius 1 is 1.25 bits per heavy atom. The highest BCUT2D eigenvalue weighted by molar-refractivity contribution is 5.69. The summed E-state index contributed by atoms with van der Waals surface area (Å²) in [5.41, 5.74) is 0. The topological polar surface area (TPSA) is 52.6 Å². The van der Waals surface area contributed by atoms with E-state index in [9.17, 15) is 4.79 Å². The largest absolute Gasteiger partial charge is 0.480 e. The predicted octanol–water partition coefficient (Wildman–Crippen LogP) is 1.07. The molecular formula is C12H22N2O2. The maximum Gasteiger partial charge on any atom is 0.317 e. The molecule has 0 aromatic carbocycles. The first-order valence-corrected chi connectivity index (χ1v) is 6.45. The summed E-state index contributed by atoms with van der Waals surface area (Å²) in [6.07, 6.45) is 7.74. The third kappa shape index (κ3) is 3.19. The third-order valence-corrected chi connectivity index (χ3v) is 3.84. The highest BCUT2D eigenvalue weighted by Crippen LogP contribution is 2.25. The van der Waals surface area contributed by atoms with Crippen LogP contribution in [0.25, 0.3) is 0 Å². The van der Waals surface area contributed by atoms with Gasteiger partial charge in [0, 0.05) is 18.6 Å². The molecule has 2 fully saturated rings. The lowest BCUT2D eigenvalue weighted by atomic mass is 10.0. The van der Waals surface area contributed by atoms with Crippen LogP contribution < -0.4 is 5.32 Å². The molecule has 0 radical (unpaired) electrons. The van der Waals surface area contributed by atoms with Crippen LogP contribution in [0.1, 0.15) is 38.5 Å². The SMILES string of the molecule is O=C(O)CNC1CCCN(C2CCCC2)C1. The van der Waals surface area contributed by atoms with Crippen LogP contribution in [-0.2, 0) is 4.79 Å². The van der Waals surface area contributed by atoms with Gasteiger partial charge in [-0.1, -0.05) is 12.8 Å². The number of carboxylic acid groups (broad SMARTS) is 1. The van der Waals surface area contributed by atoms with E-state index in [1.54, 1.807) is 0 Å². The van der Waals surface area contributed by atoms with Crippen LogP contribution in [0.2, 0.25) is 0 Å². The van der Waals surface area contributed by atoms with Crippen molar-refractivity contribution >= 4 is 5.97 Å². The van der Waals surface area contributed by atoms with Crippen molar-refractivity contribution in [1.82, 2.24) is 10.2 Å². The van der Waals surface area contributed by atoms with Gasteiger partial charge in [0.25, 0.3) is 0 Å². The van der Waals surface area contributed by atoms with Gasteiger partial charge in [-0.05, 0) is 32.2 Å². The van der Waals surface area contributed by atoms with Crippen molar-refractivity contribution in [3.63, 3.8) is 0 Å². The Labute approximate surface area is 97.0 Å². The molecule has 1 aliphatic heterocycles. The molecule has 0 bridgehead atoms. The number of hydrogen-bond donors (Lipinski definition) is 2. The molecule has 1 aliphatic carbocycles. The van der Waals surface area contributed by atoms with Crippen LogP contribution in [0.3, 0.4) is 0 Å². The molecule has 0 aromatic rings. The predicted molar refractivity (Wildman–Crippen MR) is 62.5 cm³/mol. The molecule has 0 amide bonds. The summed E-state index contributed by atoms with van der Waals surface area (Å²) in [6, 6.07) is 1.15. The normalized spacial score (nSPS) is 28.4. The van der Waals surface area contributed by atoms with Crippen molar-refractivity contribution < 1.29 is 9.90 Å². The van der Waals surface area contributed by atoms with E-state index in [0.717, 1.165) is 19.0 Å². The summed E-state index contributed by atoms with van der Waals surface area (Å²) < 4.78 is 0. The van der Waals surface area contributed by atoms with Gasteiger partial charge in [0.2, 0.25) is 0 Å². The van der Waals surface area contributed by atoms with Crippen LogP contribution in [0.5, 0.6) is 0 Å². The quantitative estimate of drug-likeness (QED) is 0.753. The monoisotopic (exact) mass is 226 g/mol. The molecule has 4 heteroatoms. The summed E-state index contributed by atoms with van der Waals surface area (Å²) in [5, 5.41) is 11.8. The van der Waals surface area contributed by atoms with Crippen LogP contribution in [0.15, 0.2) is 0 Å². The number of likely N-dealkylation sites (tertiary alicyclic amines) is 1. The van der Waals surface area contributed by atoms with Gasteiger partial charge in [-0.25, -0.2) is 0 Å². The molecule has 0 aromatic heterocycles. The standard InChI is InChI=1S/C12H22N2O2/c15-12(16)8-13-10-4-3-7-14(9-10)11-5-1-2-6-11/h10-11,13H,1-9H2,(H,15,16). The molecule has 0 spiro atoms. The van der Waals surface area contributed by atoms with Crippen LogP contribution >= 0.6 is 0 Å². The van der Waals surface area contributed by atoms with E-state index in [4.69, 9.17) is 5.11 Å². The van der Waals surface area contributed by atoms with Crippen LogP contribution in [0.4, 0.5) is 0 Å². The van der Waals surface area contributed by atoms with E-state index in [-0.39, 0.29) is 6.54 Å². The van der Waals surface area contributed by atoms with Gasteiger partial charge in [0.15, 0.2) is 0 Å². The molecular weight excluding hydrogens is 204 g/mol. The van der Waals surface area contributed by atoms with E-state index in [2.05, 4.69) is 10.2 Å². The van der Waals surface area contributed by atoms with E-state index < -0.39 is 5.97 Å². The highest BCUT2D eigenvalue weighted by Gasteiger charge is 2.27. The molecule has 16 heavy (non-hydrogen) atoms. The molecule has 1 heterocycles. The van der Waals surface area contributed by atoms with Gasteiger partial charge in [-0.2, -0.15) is 0 Å². The van der Waals surface area contributed by atoms with Gasteiger partial charge >= 0.3 is 5.97 Å². The second-order valence-corrected chi connectivity index (χ2v) is 5.05. The lowest BCUT2D eigenvalue weighted by Gasteiger charge is -2.37.